The number of benzene rings is 2. The van der Waals surface area contributed by atoms with Crippen molar-refractivity contribution in [1.29, 1.82) is 0 Å². The molecule has 3 rings (SSSR count). The molecule has 3 nitrogen and oxygen atoms in total. The molecule has 0 heterocycles. The van der Waals surface area contributed by atoms with Gasteiger partial charge < -0.3 is 4.74 Å². The van der Waals surface area contributed by atoms with Gasteiger partial charge in [-0.05, 0) is 54.7 Å². The maximum atomic E-state index is 5.85. The normalized spacial score (nSPS) is 15.7. The number of rotatable bonds is 6. The average Bonchev–Trinajstić information content (AvgIpc) is 3.29. The minimum absolute atomic E-state index is 0.0713. The van der Waals surface area contributed by atoms with Crippen LogP contribution in [0.1, 0.15) is 30.0 Å². The van der Waals surface area contributed by atoms with E-state index in [4.69, 9.17) is 10.6 Å². The zero-order valence-electron chi connectivity index (χ0n) is 11.8. The molecule has 1 aliphatic rings. The fraction of sp³-hybridized carbons (Fsp3) is 0.294. The Balaban J connectivity index is 1.75. The molecule has 4 heteroatoms. The van der Waals surface area contributed by atoms with E-state index in [9.17, 15) is 0 Å². The maximum absolute atomic E-state index is 5.85. The van der Waals surface area contributed by atoms with Gasteiger partial charge in [-0.3, -0.25) is 11.3 Å². The molecule has 3 N–H and O–H groups in total. The van der Waals surface area contributed by atoms with Crippen molar-refractivity contribution < 1.29 is 4.74 Å². The molecule has 1 saturated carbocycles. The number of ether oxygens (including phenoxy) is 1. The molecule has 0 aromatic heterocycles. The van der Waals surface area contributed by atoms with E-state index < -0.39 is 0 Å². The van der Waals surface area contributed by atoms with E-state index in [1.165, 1.54) is 18.4 Å². The van der Waals surface area contributed by atoms with Crippen LogP contribution in [0.3, 0.4) is 0 Å². The highest BCUT2D eigenvalue weighted by atomic mass is 79.9. The summed E-state index contributed by atoms with van der Waals surface area (Å²) in [5.74, 6) is 6.69. The third-order valence-corrected chi connectivity index (χ3v) is 4.11. The van der Waals surface area contributed by atoms with Gasteiger partial charge in [0.2, 0.25) is 0 Å². The molecule has 0 aliphatic heterocycles. The van der Waals surface area contributed by atoms with E-state index in [-0.39, 0.29) is 6.04 Å². The van der Waals surface area contributed by atoms with E-state index in [1.807, 2.05) is 24.3 Å². The smallest absolute Gasteiger partial charge is 0.120 e. The van der Waals surface area contributed by atoms with Gasteiger partial charge in [0, 0.05) is 4.47 Å². The van der Waals surface area contributed by atoms with E-state index in [0.717, 1.165) is 22.2 Å². The van der Waals surface area contributed by atoms with Crippen LogP contribution in [-0.2, 0) is 6.42 Å². The Labute approximate surface area is 133 Å². The molecule has 1 unspecified atom stereocenters. The van der Waals surface area contributed by atoms with Gasteiger partial charge in [0.05, 0.1) is 12.1 Å². The quantitative estimate of drug-likeness (QED) is 0.618. The van der Waals surface area contributed by atoms with Crippen LogP contribution in [-0.4, -0.2) is 6.10 Å². The first-order valence-electron chi connectivity index (χ1n) is 7.22. The Morgan fingerprint density at radius 3 is 2.71 bits per heavy atom. The first-order valence-corrected chi connectivity index (χ1v) is 8.01. The second-order valence-electron chi connectivity index (χ2n) is 5.44. The van der Waals surface area contributed by atoms with Crippen LogP contribution >= 0.6 is 15.9 Å². The van der Waals surface area contributed by atoms with Crippen molar-refractivity contribution >= 4 is 15.9 Å². The van der Waals surface area contributed by atoms with Gasteiger partial charge in [-0.25, -0.2) is 0 Å². The van der Waals surface area contributed by atoms with Gasteiger partial charge in [-0.15, -0.1) is 0 Å². The molecule has 2 aromatic rings. The van der Waals surface area contributed by atoms with Gasteiger partial charge in [-0.2, -0.15) is 0 Å². The molecule has 0 spiro atoms. The summed E-state index contributed by atoms with van der Waals surface area (Å²) in [7, 11) is 0. The van der Waals surface area contributed by atoms with Crippen molar-refractivity contribution in [2.45, 2.75) is 31.4 Å². The van der Waals surface area contributed by atoms with Crippen LogP contribution in [0.15, 0.2) is 53.0 Å². The highest BCUT2D eigenvalue weighted by molar-refractivity contribution is 9.10. The summed E-state index contributed by atoms with van der Waals surface area (Å²) in [6.45, 7) is 0. The highest BCUT2D eigenvalue weighted by Crippen LogP contribution is 2.29. The number of hydrogen-bond donors (Lipinski definition) is 2. The maximum Gasteiger partial charge on any atom is 0.120 e. The largest absolute Gasteiger partial charge is 0.490 e. The Bertz CT molecular complexity index is 613. The van der Waals surface area contributed by atoms with Crippen LogP contribution in [0.2, 0.25) is 0 Å². The molecule has 2 aromatic carbocycles. The summed E-state index contributed by atoms with van der Waals surface area (Å²) in [5, 5.41) is 0. The van der Waals surface area contributed by atoms with E-state index in [1.54, 1.807) is 0 Å². The summed E-state index contributed by atoms with van der Waals surface area (Å²) in [4.78, 5) is 0. The van der Waals surface area contributed by atoms with Crippen LogP contribution in [0, 0.1) is 0 Å². The van der Waals surface area contributed by atoms with Crippen molar-refractivity contribution in [2.24, 2.45) is 5.84 Å². The van der Waals surface area contributed by atoms with Gasteiger partial charge >= 0.3 is 0 Å². The van der Waals surface area contributed by atoms with E-state index in [0.29, 0.717) is 6.10 Å². The molecule has 110 valence electrons. The standard InChI is InChI=1S/C17H19BrN2O/c18-14-5-1-3-12(9-14)10-17(20-19)13-4-2-6-16(11-13)21-15-7-8-15/h1-6,9,11,15,17,20H,7-8,10,19H2. The molecule has 1 fully saturated rings. The van der Waals surface area contributed by atoms with Crippen molar-refractivity contribution in [1.82, 2.24) is 5.43 Å². The fourth-order valence-corrected chi connectivity index (χ4v) is 2.80. The predicted octanol–water partition coefficient (Wildman–Crippen LogP) is 3.74. The molecule has 0 saturated heterocycles. The summed E-state index contributed by atoms with van der Waals surface area (Å²) in [5.41, 5.74) is 5.30. The summed E-state index contributed by atoms with van der Waals surface area (Å²) in [6.07, 6.45) is 3.58. The Morgan fingerprint density at radius 1 is 1.19 bits per heavy atom. The van der Waals surface area contributed by atoms with Crippen molar-refractivity contribution in [3.63, 3.8) is 0 Å². The lowest BCUT2D eigenvalue weighted by molar-refractivity contribution is 0.302. The molecule has 21 heavy (non-hydrogen) atoms. The van der Waals surface area contributed by atoms with E-state index >= 15 is 0 Å². The van der Waals surface area contributed by atoms with Crippen LogP contribution in [0.4, 0.5) is 0 Å². The van der Waals surface area contributed by atoms with Gasteiger partial charge in [-0.1, -0.05) is 40.2 Å². The molecular formula is C17H19BrN2O. The van der Waals surface area contributed by atoms with E-state index in [2.05, 4.69) is 45.6 Å². The summed E-state index contributed by atoms with van der Waals surface area (Å²) in [6, 6.07) is 16.6. The third kappa shape index (κ3) is 4.06. The van der Waals surface area contributed by atoms with Crippen molar-refractivity contribution in [3.8, 4) is 5.75 Å². The van der Waals surface area contributed by atoms with Crippen LogP contribution < -0.4 is 16.0 Å². The monoisotopic (exact) mass is 346 g/mol. The number of hydrogen-bond acceptors (Lipinski definition) is 3. The fourth-order valence-electron chi connectivity index (χ4n) is 2.36. The molecule has 0 amide bonds. The third-order valence-electron chi connectivity index (χ3n) is 3.62. The minimum Gasteiger partial charge on any atom is -0.490 e. The summed E-state index contributed by atoms with van der Waals surface area (Å²) < 4.78 is 6.94. The zero-order chi connectivity index (χ0) is 14.7. The Hall–Kier alpha value is -1.36. The predicted molar refractivity (Wildman–Crippen MR) is 88.0 cm³/mol. The molecule has 0 bridgehead atoms. The lowest BCUT2D eigenvalue weighted by Crippen LogP contribution is -2.29. The van der Waals surface area contributed by atoms with Crippen molar-refractivity contribution in [2.75, 3.05) is 0 Å². The van der Waals surface area contributed by atoms with Gasteiger partial charge in [0.15, 0.2) is 0 Å². The molecule has 1 atom stereocenters. The summed E-state index contributed by atoms with van der Waals surface area (Å²) >= 11 is 3.50. The molecular weight excluding hydrogens is 328 g/mol. The Kier molecular flexibility index (Phi) is 4.58. The second kappa shape index (κ2) is 6.60. The second-order valence-corrected chi connectivity index (χ2v) is 6.36. The first kappa shape index (κ1) is 14.6. The zero-order valence-corrected chi connectivity index (χ0v) is 13.3. The first-order chi connectivity index (χ1) is 10.2. The topological polar surface area (TPSA) is 47.3 Å². The number of hydrazine groups is 1. The van der Waals surface area contributed by atoms with Crippen molar-refractivity contribution in [3.05, 3.63) is 64.1 Å². The van der Waals surface area contributed by atoms with Crippen LogP contribution in [0.5, 0.6) is 5.75 Å². The Morgan fingerprint density at radius 2 is 2.00 bits per heavy atom. The lowest BCUT2D eigenvalue weighted by atomic mass is 9.99. The molecule has 0 radical (unpaired) electrons. The number of nitrogens with one attached hydrogen (secondary N) is 1. The number of nitrogens with two attached hydrogens (primary N) is 1. The minimum atomic E-state index is 0.0713. The van der Waals surface area contributed by atoms with Gasteiger partial charge in [0.25, 0.3) is 0 Å². The average molecular weight is 347 g/mol. The number of halogens is 1. The van der Waals surface area contributed by atoms with Crippen LogP contribution in [0.25, 0.3) is 0 Å². The highest BCUT2D eigenvalue weighted by Gasteiger charge is 2.23. The lowest BCUT2D eigenvalue weighted by Gasteiger charge is -2.17. The SMILES string of the molecule is NNC(Cc1cccc(Br)c1)c1cccc(OC2CC2)c1. The molecule has 1 aliphatic carbocycles. The van der Waals surface area contributed by atoms with Gasteiger partial charge in [0.1, 0.15) is 5.75 Å².